The van der Waals surface area contributed by atoms with Crippen LogP contribution in [-0.4, -0.2) is 10.5 Å². The summed E-state index contributed by atoms with van der Waals surface area (Å²) >= 11 is 5.73. The highest BCUT2D eigenvalue weighted by Gasteiger charge is 2.29. The zero-order valence-electron chi connectivity index (χ0n) is 10.5. The highest BCUT2D eigenvalue weighted by atomic mass is 35.5. The van der Waals surface area contributed by atoms with Gasteiger partial charge in [-0.05, 0) is 26.0 Å². The SMILES string of the molecule is Cc1cc2cc(CCl)c(F)c3c2n1C(C)C(=O)N3.Cl. The van der Waals surface area contributed by atoms with Gasteiger partial charge in [0.15, 0.2) is 5.82 Å². The minimum atomic E-state index is -0.433. The molecule has 0 saturated carbocycles. The van der Waals surface area contributed by atoms with Crippen LogP contribution in [0.15, 0.2) is 12.1 Å². The van der Waals surface area contributed by atoms with Crippen LogP contribution in [0.25, 0.3) is 10.9 Å². The number of halogens is 3. The predicted molar refractivity (Wildman–Crippen MR) is 76.8 cm³/mol. The van der Waals surface area contributed by atoms with Crippen molar-refractivity contribution in [3.8, 4) is 0 Å². The van der Waals surface area contributed by atoms with E-state index in [0.717, 1.165) is 16.6 Å². The highest BCUT2D eigenvalue weighted by molar-refractivity contribution is 6.17. The zero-order valence-corrected chi connectivity index (χ0v) is 12.0. The maximum absolute atomic E-state index is 14.2. The Hall–Kier alpha value is -1.26. The van der Waals surface area contributed by atoms with Gasteiger partial charge in [0.1, 0.15) is 11.7 Å². The first-order valence-electron chi connectivity index (χ1n) is 5.74. The summed E-state index contributed by atoms with van der Waals surface area (Å²) in [6, 6.07) is 3.37. The predicted octanol–water partition coefficient (Wildman–Crippen LogP) is 3.76. The molecule has 2 heterocycles. The van der Waals surface area contributed by atoms with Gasteiger partial charge >= 0.3 is 0 Å². The molecule has 1 atom stereocenters. The van der Waals surface area contributed by atoms with Gasteiger partial charge in [-0.3, -0.25) is 4.79 Å². The molecule has 1 aromatic heterocycles. The molecule has 3 rings (SSSR count). The third-order valence-electron chi connectivity index (χ3n) is 3.49. The van der Waals surface area contributed by atoms with Crippen molar-refractivity contribution < 1.29 is 9.18 Å². The number of aromatic nitrogens is 1. The number of carbonyl (C=O) groups is 1. The molecule has 6 heteroatoms. The molecule has 0 aliphatic carbocycles. The van der Waals surface area contributed by atoms with Gasteiger partial charge in [0.2, 0.25) is 5.91 Å². The van der Waals surface area contributed by atoms with Gasteiger partial charge in [-0.1, -0.05) is 0 Å². The minimum absolute atomic E-state index is 0. The number of hydrogen-bond donors (Lipinski definition) is 1. The number of amides is 1. The number of nitrogens with zero attached hydrogens (tertiary/aromatic N) is 1. The van der Waals surface area contributed by atoms with E-state index in [-0.39, 0.29) is 35.9 Å². The van der Waals surface area contributed by atoms with Crippen LogP contribution >= 0.6 is 24.0 Å². The molecule has 3 nitrogen and oxygen atoms in total. The molecule has 1 amide bonds. The van der Waals surface area contributed by atoms with Crippen LogP contribution in [0.5, 0.6) is 0 Å². The maximum Gasteiger partial charge on any atom is 0.247 e. The summed E-state index contributed by atoms with van der Waals surface area (Å²) in [5.41, 5.74) is 2.34. The first-order chi connectivity index (χ1) is 8.54. The van der Waals surface area contributed by atoms with E-state index in [2.05, 4.69) is 5.32 Å². The number of aryl methyl sites for hydroxylation is 1. The van der Waals surface area contributed by atoms with Crippen molar-refractivity contribution >= 4 is 46.5 Å². The van der Waals surface area contributed by atoms with Gasteiger partial charge in [-0.15, -0.1) is 24.0 Å². The fourth-order valence-corrected chi connectivity index (χ4v) is 2.82. The molecule has 0 spiro atoms. The Balaban J connectivity index is 0.00000133. The van der Waals surface area contributed by atoms with E-state index in [0.29, 0.717) is 5.56 Å². The smallest absolute Gasteiger partial charge is 0.247 e. The molecule has 2 aromatic rings. The van der Waals surface area contributed by atoms with E-state index < -0.39 is 5.82 Å². The lowest BCUT2D eigenvalue weighted by atomic mass is 10.1. The second-order valence-electron chi connectivity index (χ2n) is 4.62. The molecular formula is C13H13Cl2FN2O. The van der Waals surface area contributed by atoms with E-state index in [1.165, 1.54) is 0 Å². The first-order valence-corrected chi connectivity index (χ1v) is 6.27. The molecule has 0 radical (unpaired) electrons. The molecule has 0 bridgehead atoms. The van der Waals surface area contributed by atoms with Crippen molar-refractivity contribution in [3.63, 3.8) is 0 Å². The Morgan fingerprint density at radius 3 is 2.79 bits per heavy atom. The average molecular weight is 303 g/mol. The monoisotopic (exact) mass is 302 g/mol. The van der Waals surface area contributed by atoms with Crippen LogP contribution in [-0.2, 0) is 10.7 Å². The quantitative estimate of drug-likeness (QED) is 0.800. The van der Waals surface area contributed by atoms with E-state index in [1.54, 1.807) is 13.0 Å². The van der Waals surface area contributed by atoms with Crippen molar-refractivity contribution in [1.29, 1.82) is 0 Å². The van der Waals surface area contributed by atoms with Gasteiger partial charge in [0.05, 0.1) is 11.4 Å². The molecule has 19 heavy (non-hydrogen) atoms. The van der Waals surface area contributed by atoms with Crippen molar-refractivity contribution in [1.82, 2.24) is 4.57 Å². The lowest BCUT2D eigenvalue weighted by Crippen LogP contribution is -2.29. The van der Waals surface area contributed by atoms with Crippen LogP contribution < -0.4 is 5.32 Å². The Morgan fingerprint density at radius 1 is 1.47 bits per heavy atom. The van der Waals surface area contributed by atoms with E-state index in [9.17, 15) is 9.18 Å². The van der Waals surface area contributed by atoms with Crippen molar-refractivity contribution in [3.05, 3.63) is 29.2 Å². The minimum Gasteiger partial charge on any atom is -0.331 e. The number of alkyl halides is 1. The molecule has 1 aliphatic rings. The van der Waals surface area contributed by atoms with Crippen molar-refractivity contribution in [2.24, 2.45) is 0 Å². The molecule has 0 saturated heterocycles. The molecule has 1 N–H and O–H groups in total. The number of benzene rings is 1. The standard InChI is InChI=1S/C13H12ClFN2O.ClH/c1-6-3-8-4-9(5-14)10(15)11-12(8)17(6)7(2)13(18)16-11;/h3-4,7H,5H2,1-2H3,(H,16,18);1H. The summed E-state index contributed by atoms with van der Waals surface area (Å²) in [6.07, 6.45) is 0. The number of anilines is 1. The second-order valence-corrected chi connectivity index (χ2v) is 4.88. The Morgan fingerprint density at radius 2 is 2.16 bits per heavy atom. The van der Waals surface area contributed by atoms with Crippen LogP contribution in [0.2, 0.25) is 0 Å². The van der Waals surface area contributed by atoms with E-state index >= 15 is 0 Å². The lowest BCUT2D eigenvalue weighted by Gasteiger charge is -2.25. The fourth-order valence-electron chi connectivity index (χ4n) is 2.62. The summed E-state index contributed by atoms with van der Waals surface area (Å²) in [5.74, 6) is -0.546. The van der Waals surface area contributed by atoms with Gasteiger partial charge in [-0.25, -0.2) is 4.39 Å². The van der Waals surface area contributed by atoms with Gasteiger partial charge < -0.3 is 9.88 Å². The van der Waals surface area contributed by atoms with Crippen LogP contribution in [0.3, 0.4) is 0 Å². The van der Waals surface area contributed by atoms with E-state index in [1.807, 2.05) is 17.6 Å². The van der Waals surface area contributed by atoms with Crippen molar-refractivity contribution in [2.45, 2.75) is 25.8 Å². The van der Waals surface area contributed by atoms with Gasteiger partial charge in [0, 0.05) is 16.6 Å². The third kappa shape index (κ3) is 1.82. The molecule has 1 aliphatic heterocycles. The molecule has 102 valence electrons. The number of carbonyl (C=O) groups excluding carboxylic acids is 1. The average Bonchev–Trinajstić information content (AvgIpc) is 2.67. The van der Waals surface area contributed by atoms with Crippen LogP contribution in [0.1, 0.15) is 24.2 Å². The summed E-state index contributed by atoms with van der Waals surface area (Å²) in [4.78, 5) is 11.9. The maximum atomic E-state index is 14.2. The Labute approximate surface area is 121 Å². The third-order valence-corrected chi connectivity index (χ3v) is 3.77. The van der Waals surface area contributed by atoms with Crippen LogP contribution in [0, 0.1) is 12.7 Å². The number of rotatable bonds is 1. The van der Waals surface area contributed by atoms with Crippen LogP contribution in [0.4, 0.5) is 10.1 Å². The fraction of sp³-hybridized carbons (Fsp3) is 0.308. The first kappa shape index (κ1) is 14.2. The molecule has 1 aromatic carbocycles. The zero-order chi connectivity index (χ0) is 13.0. The second kappa shape index (κ2) is 4.69. The van der Waals surface area contributed by atoms with Gasteiger partial charge in [-0.2, -0.15) is 0 Å². The Kier molecular flexibility index (Phi) is 3.49. The number of nitrogens with one attached hydrogen (secondary N) is 1. The highest BCUT2D eigenvalue weighted by Crippen LogP contribution is 2.37. The number of hydrogen-bond acceptors (Lipinski definition) is 1. The van der Waals surface area contributed by atoms with Crippen molar-refractivity contribution in [2.75, 3.05) is 5.32 Å². The largest absolute Gasteiger partial charge is 0.331 e. The lowest BCUT2D eigenvalue weighted by molar-refractivity contribution is -0.119. The summed E-state index contributed by atoms with van der Waals surface area (Å²) in [6.45, 7) is 3.72. The molecular weight excluding hydrogens is 290 g/mol. The molecule has 0 fully saturated rings. The summed E-state index contributed by atoms with van der Waals surface area (Å²) in [5, 5.41) is 3.55. The normalized spacial score (nSPS) is 17.3. The van der Waals surface area contributed by atoms with Gasteiger partial charge in [0.25, 0.3) is 0 Å². The summed E-state index contributed by atoms with van der Waals surface area (Å²) < 4.78 is 16.1. The summed E-state index contributed by atoms with van der Waals surface area (Å²) in [7, 11) is 0. The molecule has 1 unspecified atom stereocenters. The van der Waals surface area contributed by atoms with E-state index in [4.69, 9.17) is 11.6 Å². The Bertz CT molecular complexity index is 681. The topological polar surface area (TPSA) is 34.0 Å².